The molecule has 3 heteroatoms. The van der Waals surface area contributed by atoms with Gasteiger partial charge >= 0.3 is 0 Å². The van der Waals surface area contributed by atoms with E-state index in [2.05, 4.69) is 54.3 Å². The molecule has 0 saturated heterocycles. The molecule has 0 amide bonds. The number of benzene rings is 2. The van der Waals surface area contributed by atoms with E-state index < -0.39 is 0 Å². The molecule has 0 aromatic heterocycles. The van der Waals surface area contributed by atoms with Crippen molar-refractivity contribution in [1.29, 1.82) is 0 Å². The van der Waals surface area contributed by atoms with Crippen LogP contribution in [0.15, 0.2) is 42.5 Å². The molecule has 1 heterocycles. The minimum Gasteiger partial charge on any atom is -0.493 e. The van der Waals surface area contributed by atoms with Crippen LogP contribution in [-0.4, -0.2) is 32.2 Å². The van der Waals surface area contributed by atoms with E-state index >= 15 is 0 Å². The van der Waals surface area contributed by atoms with Gasteiger partial charge in [0.1, 0.15) is 0 Å². The fourth-order valence-corrected chi connectivity index (χ4v) is 5.18. The topological polar surface area (TPSA) is 21.7 Å². The number of hydrogen-bond donors (Lipinski definition) is 0. The van der Waals surface area contributed by atoms with Crippen molar-refractivity contribution >= 4 is 0 Å². The van der Waals surface area contributed by atoms with Crippen molar-refractivity contribution in [3.63, 3.8) is 0 Å². The molecule has 2 aromatic carbocycles. The van der Waals surface area contributed by atoms with Gasteiger partial charge in [0, 0.05) is 24.5 Å². The number of rotatable bonds is 5. The Kier molecular flexibility index (Phi) is 5.14. The Morgan fingerprint density at radius 3 is 2.33 bits per heavy atom. The highest BCUT2D eigenvalue weighted by atomic mass is 16.5. The van der Waals surface area contributed by atoms with Crippen molar-refractivity contribution in [1.82, 2.24) is 4.90 Å². The predicted octanol–water partition coefficient (Wildman–Crippen LogP) is 5.13. The third kappa shape index (κ3) is 3.34. The number of hydrogen-bond acceptors (Lipinski definition) is 3. The van der Waals surface area contributed by atoms with Crippen LogP contribution in [0.3, 0.4) is 0 Å². The molecular weight excluding hydrogens is 334 g/mol. The summed E-state index contributed by atoms with van der Waals surface area (Å²) in [6.45, 7) is 4.60. The van der Waals surface area contributed by atoms with E-state index in [1.54, 1.807) is 14.2 Å². The highest BCUT2D eigenvalue weighted by Gasteiger charge is 2.39. The zero-order valence-electron chi connectivity index (χ0n) is 16.8. The second-order valence-corrected chi connectivity index (χ2v) is 8.16. The first-order chi connectivity index (χ1) is 13.2. The smallest absolute Gasteiger partial charge is 0.161 e. The molecule has 0 radical (unpaired) electrons. The second kappa shape index (κ2) is 7.55. The Hall–Kier alpha value is -2.00. The molecule has 0 bridgehead atoms. The molecule has 1 fully saturated rings. The summed E-state index contributed by atoms with van der Waals surface area (Å²) in [6.07, 6.45) is 6.38. The molecule has 27 heavy (non-hydrogen) atoms. The van der Waals surface area contributed by atoms with Crippen LogP contribution in [0.1, 0.15) is 55.3 Å². The van der Waals surface area contributed by atoms with Gasteiger partial charge in [0.25, 0.3) is 0 Å². The molecule has 144 valence electrons. The lowest BCUT2D eigenvalue weighted by Crippen LogP contribution is -2.43. The average Bonchev–Trinajstić information content (AvgIpc) is 3.20. The van der Waals surface area contributed by atoms with Gasteiger partial charge in [0.05, 0.1) is 14.2 Å². The molecule has 1 atom stereocenters. The number of fused-ring (bicyclic) bond motifs is 1. The van der Waals surface area contributed by atoms with Gasteiger partial charge in [-0.05, 0) is 55.0 Å². The van der Waals surface area contributed by atoms with E-state index in [9.17, 15) is 0 Å². The molecule has 1 saturated carbocycles. The second-order valence-electron chi connectivity index (χ2n) is 8.16. The lowest BCUT2D eigenvalue weighted by molar-refractivity contribution is 0.150. The summed E-state index contributed by atoms with van der Waals surface area (Å²) in [7, 11) is 3.44. The van der Waals surface area contributed by atoms with E-state index in [1.807, 2.05) is 0 Å². The predicted molar refractivity (Wildman–Crippen MR) is 110 cm³/mol. The summed E-state index contributed by atoms with van der Waals surface area (Å²) in [5.74, 6) is 1.68. The zero-order valence-corrected chi connectivity index (χ0v) is 16.8. The normalized spacial score (nSPS) is 21.7. The summed E-state index contributed by atoms with van der Waals surface area (Å²) in [4.78, 5) is 2.69. The molecule has 2 aromatic rings. The highest BCUT2D eigenvalue weighted by molar-refractivity contribution is 5.49. The number of methoxy groups -OCH3 is 2. The molecular formula is C24H31NO2. The van der Waals surface area contributed by atoms with Crippen LogP contribution >= 0.6 is 0 Å². The van der Waals surface area contributed by atoms with Crippen LogP contribution in [0, 0.1) is 0 Å². The van der Waals surface area contributed by atoms with E-state index in [-0.39, 0.29) is 0 Å². The van der Waals surface area contributed by atoms with Crippen LogP contribution in [0.4, 0.5) is 0 Å². The van der Waals surface area contributed by atoms with Crippen LogP contribution in [0.5, 0.6) is 11.5 Å². The minimum absolute atomic E-state index is 0.309. The van der Waals surface area contributed by atoms with Gasteiger partial charge in [-0.15, -0.1) is 0 Å². The van der Waals surface area contributed by atoms with Crippen LogP contribution < -0.4 is 9.47 Å². The number of ether oxygens (including phenoxy) is 2. The standard InChI is InChI=1S/C24H31NO2/c1-18-21-16-23(27-3)22(26-2)15-19(21)11-14-25(18)17-24(12-7-8-13-24)20-9-5-4-6-10-20/h4-6,9-10,15-16,18H,7-8,11-14,17H2,1-3H3/t18-/m0/s1. The van der Waals surface area contributed by atoms with E-state index in [4.69, 9.17) is 9.47 Å². The first kappa shape index (κ1) is 18.4. The zero-order chi connectivity index (χ0) is 18.9. The molecule has 4 rings (SSSR count). The first-order valence-corrected chi connectivity index (χ1v) is 10.2. The Morgan fingerprint density at radius 1 is 1.00 bits per heavy atom. The van der Waals surface area contributed by atoms with Crippen molar-refractivity contribution in [3.05, 3.63) is 59.2 Å². The quantitative estimate of drug-likeness (QED) is 0.733. The SMILES string of the molecule is COc1cc2c(cc1OC)[C@H](C)N(CC1(c3ccccc3)CCCC1)CC2. The highest BCUT2D eigenvalue weighted by Crippen LogP contribution is 2.45. The van der Waals surface area contributed by atoms with Gasteiger partial charge in [-0.1, -0.05) is 43.2 Å². The van der Waals surface area contributed by atoms with Gasteiger partial charge in [0.2, 0.25) is 0 Å². The Labute approximate surface area is 163 Å². The van der Waals surface area contributed by atoms with E-state index in [0.29, 0.717) is 11.5 Å². The Bertz CT molecular complexity index is 780. The maximum atomic E-state index is 5.56. The lowest BCUT2D eigenvalue weighted by atomic mass is 9.77. The molecule has 3 nitrogen and oxygen atoms in total. The average molecular weight is 366 g/mol. The third-order valence-corrected chi connectivity index (χ3v) is 6.76. The van der Waals surface area contributed by atoms with Crippen LogP contribution in [-0.2, 0) is 11.8 Å². The van der Waals surface area contributed by atoms with Gasteiger partial charge in [-0.3, -0.25) is 4.90 Å². The molecule has 0 N–H and O–H groups in total. The van der Waals surface area contributed by atoms with Crippen LogP contribution in [0.25, 0.3) is 0 Å². The van der Waals surface area contributed by atoms with Crippen molar-refractivity contribution in [2.24, 2.45) is 0 Å². The fraction of sp³-hybridized carbons (Fsp3) is 0.500. The summed E-state index contributed by atoms with van der Waals surface area (Å²) in [5.41, 5.74) is 4.62. The van der Waals surface area contributed by atoms with Gasteiger partial charge < -0.3 is 9.47 Å². The maximum Gasteiger partial charge on any atom is 0.161 e. The van der Waals surface area contributed by atoms with Gasteiger partial charge in [0.15, 0.2) is 11.5 Å². The molecule has 0 unspecified atom stereocenters. The number of nitrogens with zero attached hydrogens (tertiary/aromatic N) is 1. The monoisotopic (exact) mass is 365 g/mol. The molecule has 2 aliphatic rings. The molecule has 1 aliphatic heterocycles. The van der Waals surface area contributed by atoms with Crippen molar-refractivity contribution in [2.45, 2.75) is 50.5 Å². The third-order valence-electron chi connectivity index (χ3n) is 6.76. The van der Waals surface area contributed by atoms with E-state index in [1.165, 1.54) is 42.4 Å². The maximum absolute atomic E-state index is 5.56. The first-order valence-electron chi connectivity index (χ1n) is 10.2. The summed E-state index contributed by atoms with van der Waals surface area (Å²) in [6, 6.07) is 16.0. The Morgan fingerprint density at radius 2 is 1.67 bits per heavy atom. The van der Waals surface area contributed by atoms with Crippen molar-refractivity contribution < 1.29 is 9.47 Å². The Balaban J connectivity index is 1.62. The summed E-state index contributed by atoms with van der Waals surface area (Å²) in [5, 5.41) is 0. The molecule has 1 aliphatic carbocycles. The van der Waals surface area contributed by atoms with Crippen LogP contribution in [0.2, 0.25) is 0 Å². The minimum atomic E-state index is 0.309. The lowest BCUT2D eigenvalue weighted by Gasteiger charge is -2.42. The summed E-state index contributed by atoms with van der Waals surface area (Å²) >= 11 is 0. The fourth-order valence-electron chi connectivity index (χ4n) is 5.18. The van der Waals surface area contributed by atoms with Crippen molar-refractivity contribution in [2.75, 3.05) is 27.3 Å². The van der Waals surface area contributed by atoms with E-state index in [0.717, 1.165) is 31.0 Å². The van der Waals surface area contributed by atoms with Crippen molar-refractivity contribution in [3.8, 4) is 11.5 Å². The van der Waals surface area contributed by atoms with Gasteiger partial charge in [-0.25, -0.2) is 0 Å². The molecule has 0 spiro atoms. The summed E-state index contributed by atoms with van der Waals surface area (Å²) < 4.78 is 11.1. The largest absolute Gasteiger partial charge is 0.493 e. The van der Waals surface area contributed by atoms with Gasteiger partial charge in [-0.2, -0.15) is 0 Å².